The van der Waals surface area contributed by atoms with Crippen LogP contribution in [0.2, 0.25) is 0 Å². The van der Waals surface area contributed by atoms with Crippen LogP contribution in [0.4, 0.5) is 0 Å². The van der Waals surface area contributed by atoms with Crippen molar-refractivity contribution < 1.29 is 14.3 Å². The van der Waals surface area contributed by atoms with Crippen molar-refractivity contribution >= 4 is 11.8 Å². The molecule has 0 aliphatic carbocycles. The van der Waals surface area contributed by atoms with Gasteiger partial charge in [-0.3, -0.25) is 9.59 Å². The number of nitrogens with two attached hydrogens (primary N) is 1. The Morgan fingerprint density at radius 2 is 1.94 bits per heavy atom. The third kappa shape index (κ3) is 6.23. The van der Waals surface area contributed by atoms with Crippen LogP contribution in [-0.2, 0) is 14.3 Å². The highest BCUT2D eigenvalue weighted by molar-refractivity contribution is 5.87. The quantitative estimate of drug-likeness (QED) is 0.673. The molecular weight excluding hydrogens is 222 g/mol. The predicted molar refractivity (Wildman–Crippen MR) is 65.4 cm³/mol. The molecule has 1 unspecified atom stereocenters. The van der Waals surface area contributed by atoms with Gasteiger partial charge in [-0.05, 0) is 20.8 Å². The summed E-state index contributed by atoms with van der Waals surface area (Å²) >= 11 is 0. The van der Waals surface area contributed by atoms with Crippen molar-refractivity contribution in [1.82, 2.24) is 10.2 Å². The zero-order chi connectivity index (χ0) is 13.6. The largest absolute Gasteiger partial charge is 0.370 e. The lowest BCUT2D eigenvalue weighted by molar-refractivity contribution is -0.143. The number of ether oxygens (including phenoxy) is 1. The Kier molecular flexibility index (Phi) is 6.12. The van der Waals surface area contributed by atoms with E-state index in [1.807, 2.05) is 20.8 Å². The van der Waals surface area contributed by atoms with E-state index in [1.165, 1.54) is 12.0 Å². The van der Waals surface area contributed by atoms with Crippen LogP contribution in [0.15, 0.2) is 0 Å². The van der Waals surface area contributed by atoms with E-state index in [1.54, 1.807) is 7.05 Å². The molecule has 0 aromatic heterocycles. The molecule has 100 valence electrons. The molecule has 0 spiro atoms. The van der Waals surface area contributed by atoms with Gasteiger partial charge in [0.1, 0.15) is 6.10 Å². The molecule has 0 aromatic rings. The molecule has 0 aliphatic rings. The number of carbonyl (C=O) groups is 2. The molecule has 0 aliphatic heterocycles. The average molecular weight is 245 g/mol. The number of methoxy groups -OCH3 is 1. The summed E-state index contributed by atoms with van der Waals surface area (Å²) in [7, 11) is 2.96. The number of nitrogens with zero attached hydrogens (tertiary/aromatic N) is 1. The summed E-state index contributed by atoms with van der Waals surface area (Å²) in [5.74, 6) is -0.501. The molecule has 6 heteroatoms. The normalized spacial score (nSPS) is 13.1. The standard InChI is InChI=1S/C11H23N3O3/c1-11(2,3)13-9(15)7-14(4)10(16)8(6-12)17-5/h8H,6-7,12H2,1-5H3,(H,13,15). The molecule has 0 aromatic carbocycles. The smallest absolute Gasteiger partial charge is 0.253 e. The fourth-order valence-corrected chi connectivity index (χ4v) is 1.29. The second kappa shape index (κ2) is 6.56. The molecule has 0 radical (unpaired) electrons. The number of likely N-dealkylation sites (N-methyl/N-ethyl adjacent to an activating group) is 1. The third-order valence-electron chi connectivity index (χ3n) is 2.05. The van der Waals surface area contributed by atoms with Gasteiger partial charge in [0, 0.05) is 26.2 Å². The van der Waals surface area contributed by atoms with Crippen LogP contribution < -0.4 is 11.1 Å². The van der Waals surface area contributed by atoms with Gasteiger partial charge in [-0.15, -0.1) is 0 Å². The summed E-state index contributed by atoms with van der Waals surface area (Å²) in [6.45, 7) is 5.73. The number of hydrogen-bond donors (Lipinski definition) is 2. The molecule has 0 rings (SSSR count). The maximum atomic E-state index is 11.7. The second-order valence-electron chi connectivity index (χ2n) is 4.95. The van der Waals surface area contributed by atoms with Crippen molar-refractivity contribution in [2.45, 2.75) is 32.4 Å². The summed E-state index contributed by atoms with van der Waals surface area (Å²) in [6.07, 6.45) is -0.692. The molecule has 17 heavy (non-hydrogen) atoms. The number of amides is 2. The Labute approximate surface area is 102 Å². The number of rotatable bonds is 5. The van der Waals surface area contributed by atoms with E-state index >= 15 is 0 Å². The van der Waals surface area contributed by atoms with Crippen LogP contribution in [-0.4, -0.2) is 55.6 Å². The molecule has 3 N–H and O–H groups in total. The maximum absolute atomic E-state index is 11.7. The minimum atomic E-state index is -0.692. The van der Waals surface area contributed by atoms with E-state index in [2.05, 4.69) is 5.32 Å². The Morgan fingerprint density at radius 3 is 2.29 bits per heavy atom. The van der Waals surface area contributed by atoms with Gasteiger partial charge in [0.05, 0.1) is 6.54 Å². The first-order chi connectivity index (χ1) is 7.71. The predicted octanol–water partition coefficient (Wildman–Crippen LogP) is -0.667. The SMILES string of the molecule is COC(CN)C(=O)N(C)CC(=O)NC(C)(C)C. The van der Waals surface area contributed by atoms with E-state index in [4.69, 9.17) is 10.5 Å². The van der Waals surface area contributed by atoms with Gasteiger partial charge in [-0.25, -0.2) is 0 Å². The molecule has 6 nitrogen and oxygen atoms in total. The van der Waals surface area contributed by atoms with E-state index in [-0.39, 0.29) is 30.4 Å². The molecule has 0 fully saturated rings. The molecular formula is C11H23N3O3. The van der Waals surface area contributed by atoms with Crippen molar-refractivity contribution in [3.05, 3.63) is 0 Å². The zero-order valence-electron chi connectivity index (χ0n) is 11.2. The van der Waals surface area contributed by atoms with Gasteiger partial charge in [-0.2, -0.15) is 0 Å². The summed E-state index contributed by atoms with van der Waals surface area (Å²) in [6, 6.07) is 0. The number of hydrogen-bond acceptors (Lipinski definition) is 4. The lowest BCUT2D eigenvalue weighted by Gasteiger charge is -2.25. The maximum Gasteiger partial charge on any atom is 0.253 e. The first kappa shape index (κ1) is 15.9. The van der Waals surface area contributed by atoms with E-state index in [0.29, 0.717) is 0 Å². The van der Waals surface area contributed by atoms with Crippen LogP contribution in [0.25, 0.3) is 0 Å². The summed E-state index contributed by atoms with van der Waals surface area (Å²) < 4.78 is 4.92. The van der Waals surface area contributed by atoms with Crippen LogP contribution >= 0.6 is 0 Å². The molecule has 0 saturated heterocycles. The Balaban J connectivity index is 4.30. The van der Waals surface area contributed by atoms with Gasteiger partial charge in [0.25, 0.3) is 5.91 Å². The molecule has 0 bridgehead atoms. The monoisotopic (exact) mass is 245 g/mol. The average Bonchev–Trinajstić information content (AvgIpc) is 2.16. The third-order valence-corrected chi connectivity index (χ3v) is 2.05. The van der Waals surface area contributed by atoms with Crippen molar-refractivity contribution in [3.63, 3.8) is 0 Å². The lowest BCUT2D eigenvalue weighted by atomic mass is 10.1. The number of carbonyl (C=O) groups excluding carboxylic acids is 2. The van der Waals surface area contributed by atoms with E-state index in [9.17, 15) is 9.59 Å². The lowest BCUT2D eigenvalue weighted by Crippen LogP contribution is -2.49. The summed E-state index contributed by atoms with van der Waals surface area (Å²) in [5.41, 5.74) is 5.07. The van der Waals surface area contributed by atoms with E-state index in [0.717, 1.165) is 0 Å². The van der Waals surface area contributed by atoms with Gasteiger partial charge in [-0.1, -0.05) is 0 Å². The molecule has 2 amide bonds. The minimum absolute atomic E-state index is 0.00400. The minimum Gasteiger partial charge on any atom is -0.370 e. The Morgan fingerprint density at radius 1 is 1.41 bits per heavy atom. The highest BCUT2D eigenvalue weighted by Crippen LogP contribution is 2.00. The van der Waals surface area contributed by atoms with Crippen LogP contribution in [0.3, 0.4) is 0 Å². The topological polar surface area (TPSA) is 84.7 Å². The highest BCUT2D eigenvalue weighted by atomic mass is 16.5. The van der Waals surface area contributed by atoms with Gasteiger partial charge in [0.2, 0.25) is 5.91 Å². The molecule has 1 atom stereocenters. The zero-order valence-corrected chi connectivity index (χ0v) is 11.2. The first-order valence-corrected chi connectivity index (χ1v) is 5.50. The first-order valence-electron chi connectivity index (χ1n) is 5.50. The van der Waals surface area contributed by atoms with Crippen LogP contribution in [0.5, 0.6) is 0 Å². The molecule has 0 saturated carbocycles. The van der Waals surface area contributed by atoms with Crippen molar-refractivity contribution in [2.75, 3.05) is 27.2 Å². The van der Waals surface area contributed by atoms with Gasteiger partial charge >= 0.3 is 0 Å². The van der Waals surface area contributed by atoms with Crippen molar-refractivity contribution in [1.29, 1.82) is 0 Å². The fourth-order valence-electron chi connectivity index (χ4n) is 1.29. The second-order valence-corrected chi connectivity index (χ2v) is 4.95. The summed E-state index contributed by atoms with van der Waals surface area (Å²) in [4.78, 5) is 24.7. The van der Waals surface area contributed by atoms with Crippen LogP contribution in [0, 0.1) is 0 Å². The fraction of sp³-hybridized carbons (Fsp3) is 0.818. The van der Waals surface area contributed by atoms with Crippen LogP contribution in [0.1, 0.15) is 20.8 Å². The van der Waals surface area contributed by atoms with Crippen molar-refractivity contribution in [3.8, 4) is 0 Å². The highest BCUT2D eigenvalue weighted by Gasteiger charge is 2.23. The Hall–Kier alpha value is -1.14. The van der Waals surface area contributed by atoms with Gasteiger partial charge in [0.15, 0.2) is 0 Å². The summed E-state index contributed by atoms with van der Waals surface area (Å²) in [5, 5.41) is 2.77. The van der Waals surface area contributed by atoms with E-state index < -0.39 is 6.10 Å². The molecule has 0 heterocycles. The van der Waals surface area contributed by atoms with Crippen molar-refractivity contribution in [2.24, 2.45) is 5.73 Å². The van der Waals surface area contributed by atoms with Gasteiger partial charge < -0.3 is 20.7 Å². The Bertz CT molecular complexity index is 270. The number of nitrogens with one attached hydrogen (secondary N) is 1.